The molecule has 0 saturated heterocycles. The maximum Gasteiger partial charge on any atom is -0.0215 e. The van der Waals surface area contributed by atoms with Crippen molar-refractivity contribution in [2.75, 3.05) is 6.26 Å². The second-order valence-corrected chi connectivity index (χ2v) is 4.41. The summed E-state index contributed by atoms with van der Waals surface area (Å²) in [6.07, 6.45) is 9.02. The van der Waals surface area contributed by atoms with E-state index in [-0.39, 0.29) is 0 Å². The Morgan fingerprint density at radius 2 is 1.62 bits per heavy atom. The van der Waals surface area contributed by atoms with E-state index in [1.807, 2.05) is 0 Å². The molecule has 0 aromatic heterocycles. The van der Waals surface area contributed by atoms with E-state index in [2.05, 4.69) is 33.4 Å². The minimum Gasteiger partial charge on any atom is -0.183 e. The van der Waals surface area contributed by atoms with Gasteiger partial charge in [-0.05, 0) is 36.9 Å². The topological polar surface area (TPSA) is 0 Å². The maximum atomic E-state index is 3.53. The molecule has 0 aliphatic heterocycles. The van der Waals surface area contributed by atoms with Crippen molar-refractivity contribution in [2.24, 2.45) is 17.8 Å². The Hall–Kier alpha value is 0.350. The second-order valence-electron chi connectivity index (χ2n) is 4.41. The SMILES string of the molecule is CCC(C)C1CCC(C)CC1.CS. The first-order valence-corrected chi connectivity index (χ1v) is 6.58. The van der Waals surface area contributed by atoms with E-state index in [4.69, 9.17) is 0 Å². The fraction of sp³-hybridized carbons (Fsp3) is 1.00. The first-order valence-electron chi connectivity index (χ1n) is 5.68. The molecule has 1 heteroatoms. The highest BCUT2D eigenvalue weighted by molar-refractivity contribution is 7.79. The van der Waals surface area contributed by atoms with Crippen LogP contribution in [0.1, 0.15) is 52.9 Å². The van der Waals surface area contributed by atoms with E-state index in [9.17, 15) is 0 Å². The monoisotopic (exact) mass is 202 g/mol. The molecule has 80 valence electrons. The van der Waals surface area contributed by atoms with E-state index in [1.165, 1.54) is 32.1 Å². The molecule has 1 aliphatic carbocycles. The Kier molecular flexibility index (Phi) is 7.93. The molecule has 1 saturated carbocycles. The van der Waals surface area contributed by atoms with Crippen LogP contribution in [0.5, 0.6) is 0 Å². The van der Waals surface area contributed by atoms with Crippen molar-refractivity contribution in [3.8, 4) is 0 Å². The minimum atomic E-state index is 0.975. The van der Waals surface area contributed by atoms with Crippen LogP contribution in [0.15, 0.2) is 0 Å². The Balaban J connectivity index is 0.000000671. The lowest BCUT2D eigenvalue weighted by Gasteiger charge is -2.30. The highest BCUT2D eigenvalue weighted by Gasteiger charge is 2.21. The Morgan fingerprint density at radius 3 is 2.00 bits per heavy atom. The predicted molar refractivity (Wildman–Crippen MR) is 65.5 cm³/mol. The third-order valence-corrected chi connectivity index (χ3v) is 3.51. The molecule has 1 unspecified atom stereocenters. The van der Waals surface area contributed by atoms with E-state index in [1.54, 1.807) is 6.26 Å². The third kappa shape index (κ3) is 4.95. The summed E-state index contributed by atoms with van der Waals surface area (Å²) in [4.78, 5) is 0. The van der Waals surface area contributed by atoms with Crippen LogP contribution in [0.25, 0.3) is 0 Å². The molecular formula is C12H26S. The zero-order chi connectivity index (χ0) is 10.3. The normalized spacial score (nSPS) is 30.2. The zero-order valence-electron chi connectivity index (χ0n) is 9.71. The maximum absolute atomic E-state index is 3.53. The standard InChI is InChI=1S/C11H22.CH4S/c1-4-10(3)11-7-5-9(2)6-8-11;1-2/h9-11H,4-8H2,1-3H3;2H,1H3. The molecule has 1 aliphatic rings. The Labute approximate surface area is 89.9 Å². The van der Waals surface area contributed by atoms with E-state index >= 15 is 0 Å². The van der Waals surface area contributed by atoms with Crippen molar-refractivity contribution in [1.82, 2.24) is 0 Å². The molecule has 0 bridgehead atoms. The van der Waals surface area contributed by atoms with Crippen molar-refractivity contribution in [3.63, 3.8) is 0 Å². The highest BCUT2D eigenvalue weighted by atomic mass is 32.1. The van der Waals surface area contributed by atoms with Crippen LogP contribution in [-0.4, -0.2) is 6.26 Å². The molecule has 0 spiro atoms. The summed E-state index contributed by atoms with van der Waals surface area (Å²) in [7, 11) is 0. The minimum absolute atomic E-state index is 0.975. The van der Waals surface area contributed by atoms with Gasteiger partial charge in [-0.25, -0.2) is 0 Å². The molecule has 0 N–H and O–H groups in total. The third-order valence-electron chi connectivity index (χ3n) is 3.51. The fourth-order valence-electron chi connectivity index (χ4n) is 2.19. The van der Waals surface area contributed by atoms with E-state index in [0.29, 0.717) is 0 Å². The van der Waals surface area contributed by atoms with Crippen LogP contribution >= 0.6 is 12.6 Å². The van der Waals surface area contributed by atoms with Gasteiger partial charge in [0, 0.05) is 0 Å². The molecule has 0 radical (unpaired) electrons. The van der Waals surface area contributed by atoms with Crippen LogP contribution in [0.2, 0.25) is 0 Å². The zero-order valence-corrected chi connectivity index (χ0v) is 10.6. The van der Waals surface area contributed by atoms with Gasteiger partial charge in [0.15, 0.2) is 0 Å². The number of hydrogen-bond donors (Lipinski definition) is 1. The Bertz CT molecular complexity index is 104. The molecule has 0 amide bonds. The van der Waals surface area contributed by atoms with Gasteiger partial charge in [0.2, 0.25) is 0 Å². The largest absolute Gasteiger partial charge is 0.183 e. The van der Waals surface area contributed by atoms with Gasteiger partial charge in [-0.2, -0.15) is 12.6 Å². The molecule has 0 heterocycles. The van der Waals surface area contributed by atoms with Crippen molar-refractivity contribution in [1.29, 1.82) is 0 Å². The number of thiol groups is 1. The lowest BCUT2D eigenvalue weighted by molar-refractivity contribution is 0.219. The van der Waals surface area contributed by atoms with Crippen molar-refractivity contribution in [3.05, 3.63) is 0 Å². The van der Waals surface area contributed by atoms with Crippen LogP contribution in [0, 0.1) is 17.8 Å². The van der Waals surface area contributed by atoms with Crippen molar-refractivity contribution >= 4 is 12.6 Å². The molecule has 1 atom stereocenters. The van der Waals surface area contributed by atoms with Gasteiger partial charge in [-0.3, -0.25) is 0 Å². The van der Waals surface area contributed by atoms with Gasteiger partial charge in [0.05, 0.1) is 0 Å². The molecule has 13 heavy (non-hydrogen) atoms. The first-order chi connectivity index (χ1) is 6.24. The number of hydrogen-bond acceptors (Lipinski definition) is 1. The predicted octanol–water partition coefficient (Wildman–Crippen LogP) is 4.40. The summed E-state index contributed by atoms with van der Waals surface area (Å²) in [6.45, 7) is 7.14. The molecule has 1 fully saturated rings. The summed E-state index contributed by atoms with van der Waals surface area (Å²) in [5, 5.41) is 0. The van der Waals surface area contributed by atoms with Crippen LogP contribution in [0.3, 0.4) is 0 Å². The smallest absolute Gasteiger partial charge is 0.0215 e. The first kappa shape index (κ1) is 13.4. The summed E-state index contributed by atoms with van der Waals surface area (Å²) < 4.78 is 0. The fourth-order valence-corrected chi connectivity index (χ4v) is 2.19. The van der Waals surface area contributed by atoms with Gasteiger partial charge in [-0.1, -0.05) is 40.0 Å². The number of rotatable bonds is 2. The van der Waals surface area contributed by atoms with Gasteiger partial charge in [-0.15, -0.1) is 0 Å². The molecule has 0 nitrogen and oxygen atoms in total. The second kappa shape index (κ2) is 7.73. The summed E-state index contributed by atoms with van der Waals surface area (Å²) in [6, 6.07) is 0. The lowest BCUT2D eigenvalue weighted by Crippen LogP contribution is -2.18. The van der Waals surface area contributed by atoms with Gasteiger partial charge in [0.1, 0.15) is 0 Å². The van der Waals surface area contributed by atoms with Crippen molar-refractivity contribution in [2.45, 2.75) is 52.9 Å². The van der Waals surface area contributed by atoms with Gasteiger partial charge >= 0.3 is 0 Å². The van der Waals surface area contributed by atoms with E-state index < -0.39 is 0 Å². The molecule has 0 aromatic rings. The Morgan fingerprint density at radius 1 is 1.15 bits per heavy atom. The summed E-state index contributed by atoms with van der Waals surface area (Å²) >= 11 is 3.53. The van der Waals surface area contributed by atoms with Crippen LogP contribution in [0.4, 0.5) is 0 Å². The van der Waals surface area contributed by atoms with Crippen LogP contribution < -0.4 is 0 Å². The van der Waals surface area contributed by atoms with Gasteiger partial charge in [0.25, 0.3) is 0 Å². The molecule has 0 aromatic carbocycles. The highest BCUT2D eigenvalue weighted by Crippen LogP contribution is 2.33. The van der Waals surface area contributed by atoms with E-state index in [0.717, 1.165) is 17.8 Å². The lowest BCUT2D eigenvalue weighted by atomic mass is 9.76. The summed E-state index contributed by atoms with van der Waals surface area (Å²) in [5.74, 6) is 3.04. The quantitative estimate of drug-likeness (QED) is 0.630. The van der Waals surface area contributed by atoms with Crippen molar-refractivity contribution < 1.29 is 0 Å². The molecular weight excluding hydrogens is 176 g/mol. The average Bonchev–Trinajstić information content (AvgIpc) is 2.21. The summed E-state index contributed by atoms with van der Waals surface area (Å²) in [5.41, 5.74) is 0. The molecule has 1 rings (SSSR count). The average molecular weight is 202 g/mol. The van der Waals surface area contributed by atoms with Crippen LogP contribution in [-0.2, 0) is 0 Å². The van der Waals surface area contributed by atoms with Gasteiger partial charge < -0.3 is 0 Å².